The zero-order chi connectivity index (χ0) is 11.3. The van der Waals surface area contributed by atoms with Gasteiger partial charge in [-0.05, 0) is 36.6 Å². The number of hydrogen-bond donors (Lipinski definition) is 1. The molecule has 1 fully saturated rings. The lowest BCUT2D eigenvalue weighted by Crippen LogP contribution is -2.27. The zero-order valence-electron chi connectivity index (χ0n) is 8.87. The Hall–Kier alpha value is -0.670. The van der Waals surface area contributed by atoms with Gasteiger partial charge in [0.25, 0.3) is 0 Å². The standard InChI is InChI=1S/C13H13BrO2/c14-8-3-4-9-10(7-8)12(16)13(11(9)15)5-1-2-6-13/h3-4,7,12,16H,1-2,5-6H2. The summed E-state index contributed by atoms with van der Waals surface area (Å²) < 4.78 is 0.924. The molecular weight excluding hydrogens is 268 g/mol. The number of ketones is 1. The van der Waals surface area contributed by atoms with Gasteiger partial charge in [0.15, 0.2) is 5.78 Å². The second kappa shape index (κ2) is 3.41. The van der Waals surface area contributed by atoms with Crippen LogP contribution in [0.1, 0.15) is 47.7 Å². The third-order valence-electron chi connectivity index (χ3n) is 4.02. The molecule has 1 saturated carbocycles. The van der Waals surface area contributed by atoms with Crippen LogP contribution in [0.3, 0.4) is 0 Å². The van der Waals surface area contributed by atoms with Gasteiger partial charge in [-0.1, -0.05) is 28.8 Å². The van der Waals surface area contributed by atoms with E-state index in [1.807, 2.05) is 18.2 Å². The van der Waals surface area contributed by atoms with Crippen molar-refractivity contribution < 1.29 is 9.90 Å². The van der Waals surface area contributed by atoms with E-state index in [1.54, 1.807) is 0 Å². The number of carbonyl (C=O) groups excluding carboxylic acids is 1. The molecule has 1 aromatic rings. The number of rotatable bonds is 0. The zero-order valence-corrected chi connectivity index (χ0v) is 10.5. The van der Waals surface area contributed by atoms with Crippen molar-refractivity contribution in [3.63, 3.8) is 0 Å². The molecule has 1 spiro atoms. The van der Waals surface area contributed by atoms with E-state index in [2.05, 4.69) is 15.9 Å². The molecule has 1 N–H and O–H groups in total. The third-order valence-corrected chi connectivity index (χ3v) is 4.52. The number of Topliss-reactive ketones (excluding diaryl/α,β-unsaturated/α-hetero) is 1. The molecule has 1 atom stereocenters. The van der Waals surface area contributed by atoms with Crippen molar-refractivity contribution in [3.05, 3.63) is 33.8 Å². The highest BCUT2D eigenvalue weighted by atomic mass is 79.9. The van der Waals surface area contributed by atoms with E-state index in [4.69, 9.17) is 0 Å². The number of benzene rings is 1. The Labute approximate surface area is 103 Å². The number of aliphatic hydroxyl groups excluding tert-OH is 1. The molecular formula is C13H13BrO2. The molecule has 0 aliphatic heterocycles. The monoisotopic (exact) mass is 280 g/mol. The summed E-state index contributed by atoms with van der Waals surface area (Å²) in [5.41, 5.74) is 1.03. The molecule has 1 unspecified atom stereocenters. The van der Waals surface area contributed by atoms with Crippen molar-refractivity contribution >= 4 is 21.7 Å². The number of fused-ring (bicyclic) bond motifs is 1. The minimum absolute atomic E-state index is 0.153. The summed E-state index contributed by atoms with van der Waals surface area (Å²) in [6.07, 6.45) is 3.17. The number of halogens is 1. The van der Waals surface area contributed by atoms with Crippen LogP contribution in [-0.2, 0) is 0 Å². The number of carbonyl (C=O) groups is 1. The molecule has 3 rings (SSSR count). The van der Waals surface area contributed by atoms with Crippen molar-refractivity contribution in [2.75, 3.05) is 0 Å². The fourth-order valence-electron chi connectivity index (χ4n) is 3.16. The SMILES string of the molecule is O=C1c2ccc(Br)cc2C(O)C12CCCC2. The average Bonchev–Trinajstić information content (AvgIpc) is 2.83. The number of aliphatic hydroxyl groups is 1. The molecule has 0 amide bonds. The quantitative estimate of drug-likeness (QED) is 0.792. The normalized spacial score (nSPS) is 26.4. The summed E-state index contributed by atoms with van der Waals surface area (Å²) in [4.78, 5) is 12.4. The van der Waals surface area contributed by atoms with Crippen molar-refractivity contribution in [3.8, 4) is 0 Å². The van der Waals surface area contributed by atoms with Gasteiger partial charge in [0.05, 0.1) is 11.5 Å². The lowest BCUT2D eigenvalue weighted by atomic mass is 9.80. The highest BCUT2D eigenvalue weighted by Crippen LogP contribution is 2.55. The van der Waals surface area contributed by atoms with Gasteiger partial charge < -0.3 is 5.11 Å². The Balaban J connectivity index is 2.16. The van der Waals surface area contributed by atoms with Crippen molar-refractivity contribution in [2.24, 2.45) is 5.41 Å². The fourth-order valence-corrected chi connectivity index (χ4v) is 3.54. The summed E-state index contributed by atoms with van der Waals surface area (Å²) in [6.45, 7) is 0. The predicted octanol–water partition coefficient (Wildman–Crippen LogP) is 3.24. The van der Waals surface area contributed by atoms with Crippen LogP contribution in [0.25, 0.3) is 0 Å². The van der Waals surface area contributed by atoms with Gasteiger partial charge in [-0.3, -0.25) is 4.79 Å². The minimum atomic E-state index is -0.602. The maximum absolute atomic E-state index is 12.4. The lowest BCUT2D eigenvalue weighted by Gasteiger charge is -2.25. The predicted molar refractivity (Wildman–Crippen MR) is 64.3 cm³/mol. The Morgan fingerprint density at radius 2 is 2.00 bits per heavy atom. The van der Waals surface area contributed by atoms with E-state index >= 15 is 0 Å². The van der Waals surface area contributed by atoms with Gasteiger partial charge >= 0.3 is 0 Å². The van der Waals surface area contributed by atoms with Gasteiger partial charge in [0, 0.05) is 10.0 Å². The molecule has 84 valence electrons. The van der Waals surface area contributed by atoms with Gasteiger partial charge in [0.1, 0.15) is 0 Å². The molecule has 2 nitrogen and oxygen atoms in total. The third kappa shape index (κ3) is 1.19. The first-order chi connectivity index (χ1) is 7.65. The lowest BCUT2D eigenvalue weighted by molar-refractivity contribution is 0.0364. The highest BCUT2D eigenvalue weighted by Gasteiger charge is 2.53. The van der Waals surface area contributed by atoms with Gasteiger partial charge in [-0.2, -0.15) is 0 Å². The van der Waals surface area contributed by atoms with Crippen LogP contribution in [0, 0.1) is 5.41 Å². The Bertz CT molecular complexity index is 461. The molecule has 2 aliphatic carbocycles. The largest absolute Gasteiger partial charge is 0.387 e. The first-order valence-corrected chi connectivity index (χ1v) is 6.47. The molecule has 3 heteroatoms. The maximum atomic E-state index is 12.4. The van der Waals surface area contributed by atoms with Crippen LogP contribution in [0.15, 0.2) is 22.7 Å². The summed E-state index contributed by atoms with van der Waals surface area (Å²) in [5.74, 6) is 0.153. The molecule has 1 aromatic carbocycles. The van der Waals surface area contributed by atoms with Crippen LogP contribution in [0.5, 0.6) is 0 Å². The second-order valence-electron chi connectivity index (χ2n) is 4.83. The van der Waals surface area contributed by atoms with Crippen molar-refractivity contribution in [2.45, 2.75) is 31.8 Å². The molecule has 0 radical (unpaired) electrons. The molecule has 0 heterocycles. The topological polar surface area (TPSA) is 37.3 Å². The van der Waals surface area contributed by atoms with E-state index in [-0.39, 0.29) is 5.78 Å². The second-order valence-corrected chi connectivity index (χ2v) is 5.74. The molecule has 16 heavy (non-hydrogen) atoms. The summed E-state index contributed by atoms with van der Waals surface area (Å²) >= 11 is 3.39. The number of hydrogen-bond acceptors (Lipinski definition) is 2. The molecule has 0 bridgehead atoms. The van der Waals surface area contributed by atoms with Gasteiger partial charge in [-0.15, -0.1) is 0 Å². The fraction of sp³-hybridized carbons (Fsp3) is 0.462. The smallest absolute Gasteiger partial charge is 0.172 e. The van der Waals surface area contributed by atoms with E-state index in [1.165, 1.54) is 0 Å². The minimum Gasteiger partial charge on any atom is -0.387 e. The first kappa shape index (κ1) is 10.5. The summed E-state index contributed by atoms with van der Waals surface area (Å²) in [5, 5.41) is 10.4. The van der Waals surface area contributed by atoms with Crippen LogP contribution >= 0.6 is 15.9 Å². The Kier molecular flexibility index (Phi) is 2.23. The van der Waals surface area contributed by atoms with Crippen LogP contribution < -0.4 is 0 Å². The Morgan fingerprint density at radius 3 is 2.69 bits per heavy atom. The van der Waals surface area contributed by atoms with Gasteiger partial charge in [0.2, 0.25) is 0 Å². The van der Waals surface area contributed by atoms with Crippen molar-refractivity contribution in [1.82, 2.24) is 0 Å². The van der Waals surface area contributed by atoms with E-state index < -0.39 is 11.5 Å². The summed E-state index contributed by atoms with van der Waals surface area (Å²) in [6, 6.07) is 5.58. The Morgan fingerprint density at radius 1 is 1.31 bits per heavy atom. The summed E-state index contributed by atoms with van der Waals surface area (Å²) in [7, 11) is 0. The van der Waals surface area contributed by atoms with E-state index in [9.17, 15) is 9.90 Å². The highest BCUT2D eigenvalue weighted by molar-refractivity contribution is 9.10. The maximum Gasteiger partial charge on any atom is 0.172 e. The van der Waals surface area contributed by atoms with Crippen LogP contribution in [0.4, 0.5) is 0 Å². The van der Waals surface area contributed by atoms with E-state index in [0.29, 0.717) is 0 Å². The molecule has 2 aliphatic rings. The molecule has 0 aromatic heterocycles. The average molecular weight is 281 g/mol. The van der Waals surface area contributed by atoms with Crippen LogP contribution in [-0.4, -0.2) is 10.9 Å². The van der Waals surface area contributed by atoms with Crippen LogP contribution in [0.2, 0.25) is 0 Å². The van der Waals surface area contributed by atoms with Gasteiger partial charge in [-0.25, -0.2) is 0 Å². The van der Waals surface area contributed by atoms with E-state index in [0.717, 1.165) is 41.3 Å². The van der Waals surface area contributed by atoms with Crippen molar-refractivity contribution in [1.29, 1.82) is 0 Å². The first-order valence-electron chi connectivity index (χ1n) is 5.67. The molecule has 0 saturated heterocycles.